The van der Waals surface area contributed by atoms with Gasteiger partial charge in [0.25, 0.3) is 0 Å². The normalized spacial score (nSPS) is 42.8. The summed E-state index contributed by atoms with van der Waals surface area (Å²) in [6.07, 6.45) is 11.6. The van der Waals surface area contributed by atoms with E-state index in [4.69, 9.17) is 18.9 Å². The molecular formula is C31H48O4. The average molecular weight is 485 g/mol. The van der Waals surface area contributed by atoms with E-state index in [-0.39, 0.29) is 11.0 Å². The topological polar surface area (TPSA) is 36.9 Å². The van der Waals surface area contributed by atoms with Crippen LogP contribution in [0.25, 0.3) is 0 Å². The molecule has 5 rings (SSSR count). The lowest BCUT2D eigenvalue weighted by atomic mass is 9.43. The molecular weight excluding hydrogens is 436 g/mol. The van der Waals surface area contributed by atoms with Gasteiger partial charge in [-0.3, -0.25) is 0 Å². The van der Waals surface area contributed by atoms with Crippen molar-refractivity contribution in [2.24, 2.45) is 28.6 Å². The van der Waals surface area contributed by atoms with Gasteiger partial charge in [0.1, 0.15) is 13.6 Å². The molecule has 0 heterocycles. The Hall–Kier alpha value is -0.940. The predicted octanol–water partition coefficient (Wildman–Crippen LogP) is 7.33. The highest BCUT2D eigenvalue weighted by Crippen LogP contribution is 2.71. The van der Waals surface area contributed by atoms with Gasteiger partial charge in [0.15, 0.2) is 0 Å². The maximum Gasteiger partial charge on any atom is 0.147 e. The Morgan fingerprint density at radius 1 is 0.800 bits per heavy atom. The molecule has 1 aromatic rings. The largest absolute Gasteiger partial charge is 0.356 e. The van der Waals surface area contributed by atoms with Crippen molar-refractivity contribution in [3.05, 3.63) is 35.9 Å². The van der Waals surface area contributed by atoms with Crippen LogP contribution in [0.2, 0.25) is 0 Å². The number of rotatable bonds is 9. The van der Waals surface area contributed by atoms with Crippen molar-refractivity contribution in [1.82, 2.24) is 0 Å². The fraction of sp³-hybridized carbons (Fsp3) is 0.806. The van der Waals surface area contributed by atoms with Crippen LogP contribution in [0.15, 0.2) is 30.3 Å². The van der Waals surface area contributed by atoms with E-state index in [1.807, 2.05) is 6.92 Å². The first-order valence-electron chi connectivity index (χ1n) is 14.4. The van der Waals surface area contributed by atoms with E-state index in [0.717, 1.165) is 24.9 Å². The van der Waals surface area contributed by atoms with Crippen molar-refractivity contribution < 1.29 is 18.9 Å². The summed E-state index contributed by atoms with van der Waals surface area (Å²) in [6.45, 7) is 11.6. The minimum Gasteiger partial charge on any atom is -0.356 e. The molecule has 0 saturated heterocycles. The lowest BCUT2D eigenvalue weighted by Gasteiger charge is -2.65. The Labute approximate surface area is 213 Å². The van der Waals surface area contributed by atoms with E-state index in [1.54, 1.807) is 0 Å². The molecule has 4 nitrogen and oxygen atoms in total. The summed E-state index contributed by atoms with van der Waals surface area (Å²) >= 11 is 0. The van der Waals surface area contributed by atoms with Crippen LogP contribution in [0.3, 0.4) is 0 Å². The molecule has 35 heavy (non-hydrogen) atoms. The first-order chi connectivity index (χ1) is 17.0. The van der Waals surface area contributed by atoms with Crippen LogP contribution in [-0.4, -0.2) is 38.5 Å². The lowest BCUT2D eigenvalue weighted by Crippen LogP contribution is -2.63. The van der Waals surface area contributed by atoms with Crippen molar-refractivity contribution in [2.75, 3.05) is 26.8 Å². The van der Waals surface area contributed by atoms with E-state index in [0.29, 0.717) is 43.5 Å². The van der Waals surface area contributed by atoms with Crippen LogP contribution in [0, 0.1) is 28.6 Å². The van der Waals surface area contributed by atoms with Crippen LogP contribution in [0.5, 0.6) is 0 Å². The second-order valence-electron chi connectivity index (χ2n) is 12.3. The third-order valence-electron chi connectivity index (χ3n) is 11.2. The standard InChI is InChI=1S/C31H48O4/c1-5-32-21-34-25-14-17-29(3)24(20-25)12-13-28-27(29)15-18-30(4)26(23-10-8-7-9-11-23)16-19-31(28,30)35-22-33-6-2/h7-11,24-28H,5-6,12-22H2,1-4H3/t24-,25+,26+,27+,28-,29+,30-,31+/m1/s1. The van der Waals surface area contributed by atoms with Gasteiger partial charge >= 0.3 is 0 Å². The number of fused-ring (bicyclic) bond motifs is 5. The summed E-state index contributed by atoms with van der Waals surface area (Å²) in [5.41, 5.74) is 1.97. The monoisotopic (exact) mass is 484 g/mol. The summed E-state index contributed by atoms with van der Waals surface area (Å²) in [6, 6.07) is 11.3. The zero-order valence-electron chi connectivity index (χ0n) is 22.6. The van der Waals surface area contributed by atoms with E-state index < -0.39 is 0 Å². The van der Waals surface area contributed by atoms with Crippen LogP contribution < -0.4 is 0 Å². The van der Waals surface area contributed by atoms with Crippen molar-refractivity contribution in [3.8, 4) is 0 Å². The maximum atomic E-state index is 7.01. The van der Waals surface area contributed by atoms with Crippen molar-refractivity contribution in [2.45, 2.75) is 103 Å². The molecule has 4 saturated carbocycles. The minimum atomic E-state index is -0.0815. The summed E-state index contributed by atoms with van der Waals surface area (Å²) in [4.78, 5) is 0. The van der Waals surface area contributed by atoms with Gasteiger partial charge in [-0.05, 0) is 106 Å². The number of hydrogen-bond acceptors (Lipinski definition) is 4. The van der Waals surface area contributed by atoms with Crippen molar-refractivity contribution in [1.29, 1.82) is 0 Å². The van der Waals surface area contributed by atoms with E-state index in [2.05, 4.69) is 51.1 Å². The summed E-state index contributed by atoms with van der Waals surface area (Å²) in [5, 5.41) is 0. The predicted molar refractivity (Wildman–Crippen MR) is 139 cm³/mol. The molecule has 4 aliphatic rings. The maximum absolute atomic E-state index is 7.01. The van der Waals surface area contributed by atoms with E-state index >= 15 is 0 Å². The molecule has 0 spiro atoms. The Morgan fingerprint density at radius 3 is 2.34 bits per heavy atom. The zero-order chi connectivity index (χ0) is 24.5. The number of hydrogen-bond donors (Lipinski definition) is 0. The van der Waals surface area contributed by atoms with Gasteiger partial charge in [-0.25, -0.2) is 0 Å². The fourth-order valence-electron chi connectivity index (χ4n) is 9.33. The van der Waals surface area contributed by atoms with Crippen LogP contribution in [0.1, 0.15) is 97.0 Å². The van der Waals surface area contributed by atoms with Crippen LogP contribution >= 0.6 is 0 Å². The molecule has 8 atom stereocenters. The van der Waals surface area contributed by atoms with Gasteiger partial charge in [-0.2, -0.15) is 0 Å². The molecule has 4 fully saturated rings. The highest BCUT2D eigenvalue weighted by molar-refractivity contribution is 5.29. The Morgan fingerprint density at radius 2 is 1.57 bits per heavy atom. The first-order valence-corrected chi connectivity index (χ1v) is 14.4. The molecule has 0 radical (unpaired) electrons. The Bertz CT molecular complexity index is 829. The van der Waals surface area contributed by atoms with Crippen LogP contribution in [0.4, 0.5) is 0 Å². The van der Waals surface area contributed by atoms with E-state index in [9.17, 15) is 0 Å². The fourth-order valence-corrected chi connectivity index (χ4v) is 9.33. The molecule has 0 unspecified atom stereocenters. The quantitative estimate of drug-likeness (QED) is 0.272. The smallest absolute Gasteiger partial charge is 0.147 e. The summed E-state index contributed by atoms with van der Waals surface area (Å²) in [5.74, 6) is 2.68. The molecule has 4 aliphatic carbocycles. The highest BCUT2D eigenvalue weighted by Gasteiger charge is 2.68. The van der Waals surface area contributed by atoms with Gasteiger partial charge < -0.3 is 18.9 Å². The Kier molecular flexibility index (Phi) is 7.66. The molecule has 196 valence electrons. The molecule has 4 heteroatoms. The van der Waals surface area contributed by atoms with Crippen molar-refractivity contribution >= 4 is 0 Å². The van der Waals surface area contributed by atoms with Crippen LogP contribution in [-0.2, 0) is 18.9 Å². The molecule has 0 N–H and O–H groups in total. The SMILES string of the molecule is CCOCO[C@H]1CC[C@@]2(C)[C@H](CC[C@@H]3[C@@H]2CC[C@]2(C)[C@H](c4ccccc4)CC[C@]32OCOCC)C1. The molecule has 1 aromatic carbocycles. The van der Waals surface area contributed by atoms with Gasteiger partial charge in [-0.1, -0.05) is 44.2 Å². The third kappa shape index (κ3) is 4.31. The third-order valence-corrected chi connectivity index (χ3v) is 11.2. The zero-order valence-corrected chi connectivity index (χ0v) is 22.6. The lowest BCUT2D eigenvalue weighted by molar-refractivity contribution is -0.259. The van der Waals surface area contributed by atoms with Gasteiger partial charge in [-0.15, -0.1) is 0 Å². The molecule has 0 bridgehead atoms. The van der Waals surface area contributed by atoms with Crippen molar-refractivity contribution in [3.63, 3.8) is 0 Å². The average Bonchev–Trinajstić information content (AvgIpc) is 3.18. The van der Waals surface area contributed by atoms with E-state index in [1.165, 1.54) is 56.9 Å². The molecule has 0 aliphatic heterocycles. The summed E-state index contributed by atoms with van der Waals surface area (Å²) < 4.78 is 24.5. The second kappa shape index (κ2) is 10.4. The second-order valence-corrected chi connectivity index (χ2v) is 12.3. The van der Waals surface area contributed by atoms with Gasteiger partial charge in [0, 0.05) is 18.6 Å². The molecule has 0 aromatic heterocycles. The number of benzene rings is 1. The minimum absolute atomic E-state index is 0.0815. The highest BCUT2D eigenvalue weighted by atomic mass is 16.7. The Balaban J connectivity index is 1.41. The van der Waals surface area contributed by atoms with Gasteiger partial charge in [0.05, 0.1) is 11.7 Å². The first kappa shape index (κ1) is 25.7. The summed E-state index contributed by atoms with van der Waals surface area (Å²) in [7, 11) is 0. The van der Waals surface area contributed by atoms with Gasteiger partial charge in [0.2, 0.25) is 0 Å². The molecule has 0 amide bonds. The number of ether oxygens (including phenoxy) is 4.